The molecule has 2 N–H and O–H groups in total. The van der Waals surface area contributed by atoms with Gasteiger partial charge in [-0.1, -0.05) is 58.7 Å². The predicted octanol–water partition coefficient (Wildman–Crippen LogP) is 4.21. The molecule has 5 nitrogen and oxygen atoms in total. The largest absolute Gasteiger partial charge is 0.365 e. The lowest BCUT2D eigenvalue weighted by atomic mass is 10.1. The van der Waals surface area contributed by atoms with Crippen LogP contribution in [-0.2, 0) is 16.0 Å². The Kier molecular flexibility index (Phi) is 5.99. The van der Waals surface area contributed by atoms with Crippen molar-refractivity contribution in [3.63, 3.8) is 0 Å². The minimum Gasteiger partial charge on any atom is -0.365 e. The summed E-state index contributed by atoms with van der Waals surface area (Å²) in [5.41, 5.74) is 7.46. The van der Waals surface area contributed by atoms with Gasteiger partial charge in [-0.3, -0.25) is 14.5 Å². The molecule has 1 aliphatic rings. The van der Waals surface area contributed by atoms with Crippen molar-refractivity contribution < 1.29 is 9.59 Å². The number of nitrogens with two attached hydrogens (primary N) is 1. The standard InChI is InChI=1S/C20H15Cl2N3O2S/c1-11-2-6-14(7-3-11)25-19(27)17(28-20(25)15(10-23)18(24)26)8-12-4-5-13(21)9-16(12)22/h2-7,9,17H,8H2,1H3,(H2,24,26). The lowest BCUT2D eigenvalue weighted by molar-refractivity contribution is -0.117. The zero-order valence-corrected chi connectivity index (χ0v) is 17.1. The molecule has 0 spiro atoms. The highest BCUT2D eigenvalue weighted by Crippen LogP contribution is 2.42. The van der Waals surface area contributed by atoms with E-state index in [0.29, 0.717) is 22.2 Å². The van der Waals surface area contributed by atoms with Gasteiger partial charge >= 0.3 is 0 Å². The number of amides is 2. The molecule has 0 bridgehead atoms. The number of carbonyl (C=O) groups is 2. The van der Waals surface area contributed by atoms with E-state index < -0.39 is 11.2 Å². The Morgan fingerprint density at radius 2 is 1.93 bits per heavy atom. The van der Waals surface area contributed by atoms with Crippen LogP contribution in [0.2, 0.25) is 10.0 Å². The number of hydrogen-bond acceptors (Lipinski definition) is 4. The van der Waals surface area contributed by atoms with Gasteiger partial charge in [0.1, 0.15) is 16.7 Å². The Hall–Kier alpha value is -2.46. The van der Waals surface area contributed by atoms with Crippen LogP contribution in [0.4, 0.5) is 5.69 Å². The summed E-state index contributed by atoms with van der Waals surface area (Å²) < 4.78 is 0. The maximum atomic E-state index is 13.2. The number of hydrogen-bond donors (Lipinski definition) is 1. The van der Waals surface area contributed by atoms with Gasteiger partial charge in [0.2, 0.25) is 5.91 Å². The summed E-state index contributed by atoms with van der Waals surface area (Å²) in [7, 11) is 0. The average Bonchev–Trinajstić information content (AvgIpc) is 2.95. The summed E-state index contributed by atoms with van der Waals surface area (Å²) >= 11 is 13.3. The van der Waals surface area contributed by atoms with Crippen molar-refractivity contribution >= 4 is 52.5 Å². The van der Waals surface area contributed by atoms with Gasteiger partial charge in [0.15, 0.2) is 0 Å². The normalized spacial score (nSPS) is 18.1. The van der Waals surface area contributed by atoms with Crippen molar-refractivity contribution in [2.24, 2.45) is 5.73 Å². The van der Waals surface area contributed by atoms with Gasteiger partial charge in [-0.15, -0.1) is 0 Å². The van der Waals surface area contributed by atoms with Crippen LogP contribution in [0.5, 0.6) is 0 Å². The Morgan fingerprint density at radius 1 is 1.25 bits per heavy atom. The molecule has 1 heterocycles. The fraction of sp³-hybridized carbons (Fsp3) is 0.150. The highest BCUT2D eigenvalue weighted by Gasteiger charge is 2.40. The van der Waals surface area contributed by atoms with E-state index >= 15 is 0 Å². The quantitative estimate of drug-likeness (QED) is 0.579. The van der Waals surface area contributed by atoms with Crippen molar-refractivity contribution in [1.82, 2.24) is 0 Å². The fourth-order valence-corrected chi connectivity index (χ4v) is 4.60. The molecule has 2 aromatic rings. The zero-order valence-electron chi connectivity index (χ0n) is 14.8. The van der Waals surface area contributed by atoms with E-state index in [1.165, 1.54) is 4.90 Å². The van der Waals surface area contributed by atoms with Crippen LogP contribution in [0.3, 0.4) is 0 Å². The topological polar surface area (TPSA) is 87.2 Å². The number of benzene rings is 2. The minimum absolute atomic E-state index is 0.235. The minimum atomic E-state index is -0.875. The van der Waals surface area contributed by atoms with Crippen LogP contribution < -0.4 is 10.6 Å². The molecule has 142 valence electrons. The van der Waals surface area contributed by atoms with Crippen molar-refractivity contribution in [3.05, 3.63) is 74.2 Å². The monoisotopic (exact) mass is 431 g/mol. The van der Waals surface area contributed by atoms with Crippen LogP contribution in [0.1, 0.15) is 11.1 Å². The molecule has 1 atom stereocenters. The van der Waals surface area contributed by atoms with E-state index in [1.54, 1.807) is 30.3 Å². The lowest BCUT2D eigenvalue weighted by Gasteiger charge is -2.18. The number of anilines is 1. The third-order valence-corrected chi connectivity index (χ3v) is 6.09. The second kappa shape index (κ2) is 8.27. The van der Waals surface area contributed by atoms with E-state index in [1.807, 2.05) is 25.1 Å². The molecule has 3 rings (SSSR count). The van der Waals surface area contributed by atoms with Crippen LogP contribution >= 0.6 is 35.0 Å². The molecule has 0 radical (unpaired) electrons. The summed E-state index contributed by atoms with van der Waals surface area (Å²) in [5.74, 6) is -1.12. The van der Waals surface area contributed by atoms with Gasteiger partial charge in [0.25, 0.3) is 5.91 Å². The first kappa shape index (κ1) is 20.3. The van der Waals surface area contributed by atoms with Gasteiger partial charge in [-0.2, -0.15) is 5.26 Å². The van der Waals surface area contributed by atoms with Crippen LogP contribution in [-0.4, -0.2) is 17.1 Å². The molecule has 28 heavy (non-hydrogen) atoms. The number of primary amides is 1. The number of halogens is 2. The van der Waals surface area contributed by atoms with Crippen molar-refractivity contribution in [2.75, 3.05) is 4.90 Å². The van der Waals surface area contributed by atoms with Crippen molar-refractivity contribution in [3.8, 4) is 6.07 Å². The highest BCUT2D eigenvalue weighted by atomic mass is 35.5. The number of nitrogens with zero attached hydrogens (tertiary/aromatic N) is 2. The lowest BCUT2D eigenvalue weighted by Crippen LogP contribution is -2.31. The Morgan fingerprint density at radius 3 is 2.50 bits per heavy atom. The second-order valence-corrected chi connectivity index (χ2v) is 8.25. The molecule has 8 heteroatoms. The SMILES string of the molecule is Cc1ccc(N2C(=O)C(Cc3ccc(Cl)cc3Cl)SC2=C(C#N)C(N)=O)cc1. The second-order valence-electron chi connectivity index (χ2n) is 6.21. The summed E-state index contributed by atoms with van der Waals surface area (Å²) in [6, 6.07) is 14.1. The molecule has 0 aliphatic carbocycles. The number of rotatable bonds is 4. The molecular weight excluding hydrogens is 417 g/mol. The smallest absolute Gasteiger partial charge is 0.262 e. The molecule has 2 aromatic carbocycles. The first-order valence-corrected chi connectivity index (χ1v) is 9.90. The predicted molar refractivity (Wildman–Crippen MR) is 112 cm³/mol. The van der Waals surface area contributed by atoms with E-state index in [2.05, 4.69) is 0 Å². The number of aryl methyl sites for hydroxylation is 1. The molecule has 1 fully saturated rings. The Bertz CT molecular complexity index is 1030. The number of nitriles is 1. The first-order valence-electron chi connectivity index (χ1n) is 8.27. The third kappa shape index (κ3) is 4.02. The summed E-state index contributed by atoms with van der Waals surface area (Å²) in [5, 5.41) is 10.0. The van der Waals surface area contributed by atoms with E-state index in [-0.39, 0.29) is 16.5 Å². The van der Waals surface area contributed by atoms with E-state index in [9.17, 15) is 14.9 Å². The maximum absolute atomic E-state index is 13.2. The van der Waals surface area contributed by atoms with Gasteiger partial charge in [-0.05, 0) is 43.2 Å². The van der Waals surface area contributed by atoms with Crippen molar-refractivity contribution in [1.29, 1.82) is 5.26 Å². The summed E-state index contributed by atoms with van der Waals surface area (Å²) in [6.07, 6.45) is 0.322. The Balaban J connectivity index is 2.04. The first-order chi connectivity index (χ1) is 13.3. The molecular formula is C20H15Cl2N3O2S. The Labute approximate surface area is 176 Å². The number of carbonyl (C=O) groups excluding carboxylic acids is 2. The van der Waals surface area contributed by atoms with Gasteiger partial charge in [0.05, 0.1) is 5.25 Å². The molecule has 1 aliphatic heterocycles. The van der Waals surface area contributed by atoms with Crippen LogP contribution in [0, 0.1) is 18.3 Å². The van der Waals surface area contributed by atoms with Gasteiger partial charge in [0, 0.05) is 15.7 Å². The summed E-state index contributed by atoms with van der Waals surface area (Å²) in [6.45, 7) is 1.93. The van der Waals surface area contributed by atoms with Gasteiger partial charge < -0.3 is 5.73 Å². The molecule has 1 unspecified atom stereocenters. The van der Waals surface area contributed by atoms with Crippen molar-refractivity contribution in [2.45, 2.75) is 18.6 Å². The molecule has 1 saturated heterocycles. The third-order valence-electron chi connectivity index (χ3n) is 4.24. The molecule has 2 amide bonds. The van der Waals surface area contributed by atoms with Crippen LogP contribution in [0.15, 0.2) is 53.1 Å². The van der Waals surface area contributed by atoms with Crippen LogP contribution in [0.25, 0.3) is 0 Å². The summed E-state index contributed by atoms with van der Waals surface area (Å²) in [4.78, 5) is 26.3. The highest BCUT2D eigenvalue weighted by molar-refractivity contribution is 8.05. The van der Waals surface area contributed by atoms with E-state index in [4.69, 9.17) is 28.9 Å². The molecule has 0 aromatic heterocycles. The number of thioether (sulfide) groups is 1. The van der Waals surface area contributed by atoms with E-state index in [0.717, 1.165) is 22.9 Å². The average molecular weight is 432 g/mol. The maximum Gasteiger partial charge on any atom is 0.262 e. The zero-order chi connectivity index (χ0) is 20.4. The molecule has 0 saturated carbocycles. The fourth-order valence-electron chi connectivity index (χ4n) is 2.82. The van der Waals surface area contributed by atoms with Gasteiger partial charge in [-0.25, -0.2) is 0 Å².